The van der Waals surface area contributed by atoms with E-state index in [1.54, 1.807) is 19.4 Å². The third-order valence-electron chi connectivity index (χ3n) is 2.90. The molecule has 1 rings (SSSR count). The van der Waals surface area contributed by atoms with Crippen molar-refractivity contribution in [2.75, 3.05) is 26.8 Å². The Hall–Kier alpha value is -1.02. The van der Waals surface area contributed by atoms with E-state index in [9.17, 15) is 8.42 Å². The fourth-order valence-electron chi connectivity index (χ4n) is 1.75. The maximum atomic E-state index is 12.1. The van der Waals surface area contributed by atoms with Crippen LogP contribution in [0, 0.1) is 5.92 Å². The summed E-state index contributed by atoms with van der Waals surface area (Å²) in [6, 6.07) is 3.31. The van der Waals surface area contributed by atoms with Gasteiger partial charge in [-0.15, -0.1) is 0 Å². The smallest absolute Gasteiger partial charge is 0.258 e. The van der Waals surface area contributed by atoms with Crippen LogP contribution in [0.1, 0.15) is 25.8 Å². The van der Waals surface area contributed by atoms with Crippen molar-refractivity contribution in [2.24, 2.45) is 5.92 Å². The quantitative estimate of drug-likeness (QED) is 0.633. The molecule has 1 atom stereocenters. The number of hydrogen-bond donors (Lipinski definition) is 2. The monoisotopic (exact) mass is 315 g/mol. The highest BCUT2D eigenvalue weighted by Gasteiger charge is 2.16. The predicted molar refractivity (Wildman–Crippen MR) is 82.5 cm³/mol. The summed E-state index contributed by atoms with van der Waals surface area (Å²) in [5.41, 5.74) is 0.968. The maximum absolute atomic E-state index is 12.1. The predicted octanol–water partition coefficient (Wildman–Crippen LogP) is 1.14. The Kier molecular flexibility index (Phi) is 7.81. The molecule has 0 radical (unpaired) electrons. The average Bonchev–Trinajstić information content (AvgIpc) is 2.46. The van der Waals surface area contributed by atoms with E-state index in [-0.39, 0.29) is 10.9 Å². The van der Waals surface area contributed by atoms with E-state index in [2.05, 4.69) is 21.9 Å². The molecule has 0 saturated carbocycles. The Morgan fingerprint density at radius 1 is 1.38 bits per heavy atom. The molecule has 0 saturated heterocycles. The summed E-state index contributed by atoms with van der Waals surface area (Å²) in [6.07, 6.45) is 2.65. The van der Waals surface area contributed by atoms with Gasteiger partial charge in [0.2, 0.25) is 0 Å². The topological polar surface area (TPSA) is 80.3 Å². The van der Waals surface area contributed by atoms with Crippen molar-refractivity contribution in [3.8, 4) is 0 Å². The highest BCUT2D eigenvalue weighted by Crippen LogP contribution is 2.07. The summed E-state index contributed by atoms with van der Waals surface area (Å²) in [5.74, 6) is 0.113. The molecule has 21 heavy (non-hydrogen) atoms. The lowest BCUT2D eigenvalue weighted by molar-refractivity contribution is 0.161. The van der Waals surface area contributed by atoms with Crippen molar-refractivity contribution in [1.82, 2.24) is 15.0 Å². The van der Waals surface area contributed by atoms with Gasteiger partial charge in [0.25, 0.3) is 10.0 Å². The van der Waals surface area contributed by atoms with E-state index in [4.69, 9.17) is 4.74 Å². The van der Waals surface area contributed by atoms with Crippen LogP contribution in [0.15, 0.2) is 23.4 Å². The lowest BCUT2D eigenvalue weighted by atomic mass is 10.2. The molecule has 0 aliphatic heterocycles. The van der Waals surface area contributed by atoms with Gasteiger partial charge in [0.15, 0.2) is 5.03 Å². The Morgan fingerprint density at radius 3 is 2.71 bits per heavy atom. The summed E-state index contributed by atoms with van der Waals surface area (Å²) in [5, 5.41) is 3.29. The van der Waals surface area contributed by atoms with Gasteiger partial charge in [-0.25, -0.2) is 18.1 Å². The Morgan fingerprint density at radius 2 is 2.14 bits per heavy atom. The highest BCUT2D eigenvalue weighted by molar-refractivity contribution is 7.89. The first kappa shape index (κ1) is 18.0. The molecule has 1 aromatic heterocycles. The van der Waals surface area contributed by atoms with E-state index < -0.39 is 10.0 Å². The van der Waals surface area contributed by atoms with Crippen LogP contribution in [0.25, 0.3) is 0 Å². The molecule has 0 bridgehead atoms. The van der Waals surface area contributed by atoms with Crippen molar-refractivity contribution < 1.29 is 13.2 Å². The van der Waals surface area contributed by atoms with E-state index in [0.29, 0.717) is 19.7 Å². The van der Waals surface area contributed by atoms with Crippen molar-refractivity contribution in [3.05, 3.63) is 23.9 Å². The van der Waals surface area contributed by atoms with E-state index in [1.807, 2.05) is 6.92 Å². The molecule has 6 nitrogen and oxygen atoms in total. The third kappa shape index (κ3) is 6.52. The van der Waals surface area contributed by atoms with Gasteiger partial charge in [0.05, 0.1) is 0 Å². The lowest BCUT2D eigenvalue weighted by Gasteiger charge is -2.11. The minimum Gasteiger partial charge on any atom is -0.384 e. The van der Waals surface area contributed by atoms with Crippen molar-refractivity contribution in [1.29, 1.82) is 0 Å². The number of rotatable bonds is 10. The number of pyridine rings is 1. The van der Waals surface area contributed by atoms with Gasteiger partial charge >= 0.3 is 0 Å². The largest absolute Gasteiger partial charge is 0.384 e. The number of aromatic nitrogens is 1. The zero-order valence-electron chi connectivity index (χ0n) is 12.9. The molecule has 7 heteroatoms. The fraction of sp³-hybridized carbons (Fsp3) is 0.643. The maximum Gasteiger partial charge on any atom is 0.258 e. The van der Waals surface area contributed by atoms with Crippen molar-refractivity contribution in [2.45, 2.75) is 31.8 Å². The minimum atomic E-state index is -3.55. The summed E-state index contributed by atoms with van der Waals surface area (Å²) in [4.78, 5) is 4.03. The van der Waals surface area contributed by atoms with Gasteiger partial charge in [-0.05, 0) is 30.5 Å². The average molecular weight is 315 g/mol. The van der Waals surface area contributed by atoms with Gasteiger partial charge in [-0.1, -0.05) is 19.9 Å². The lowest BCUT2D eigenvalue weighted by Crippen LogP contribution is -2.30. The normalized spacial score (nSPS) is 13.3. The van der Waals surface area contributed by atoms with Gasteiger partial charge in [0, 0.05) is 33.0 Å². The van der Waals surface area contributed by atoms with E-state index in [1.165, 1.54) is 6.07 Å². The number of hydrogen-bond acceptors (Lipinski definition) is 5. The van der Waals surface area contributed by atoms with Crippen LogP contribution in [0.2, 0.25) is 0 Å². The Bertz CT molecular complexity index is 503. The molecule has 0 aliphatic rings. The molecule has 0 spiro atoms. The van der Waals surface area contributed by atoms with Crippen molar-refractivity contribution in [3.63, 3.8) is 0 Å². The zero-order valence-corrected chi connectivity index (χ0v) is 13.7. The molecule has 1 aromatic rings. The van der Waals surface area contributed by atoms with Crippen LogP contribution in [0.3, 0.4) is 0 Å². The van der Waals surface area contributed by atoms with Crippen LogP contribution in [-0.2, 0) is 21.3 Å². The Labute approximate surface area is 127 Å². The second-order valence-electron chi connectivity index (χ2n) is 5.09. The van der Waals surface area contributed by atoms with E-state index >= 15 is 0 Å². The molecule has 1 unspecified atom stereocenters. The SMILES string of the molecule is CCCNCc1ccc(S(=O)(=O)NCC(C)COC)nc1. The molecule has 1 heterocycles. The fourth-order valence-corrected chi connectivity index (χ4v) is 2.84. The number of methoxy groups -OCH3 is 1. The van der Waals surface area contributed by atoms with Crippen LogP contribution < -0.4 is 10.0 Å². The third-order valence-corrected chi connectivity index (χ3v) is 4.24. The second-order valence-corrected chi connectivity index (χ2v) is 6.81. The summed E-state index contributed by atoms with van der Waals surface area (Å²) in [6.45, 7) is 6.48. The van der Waals surface area contributed by atoms with Crippen LogP contribution >= 0.6 is 0 Å². The number of sulfonamides is 1. The number of ether oxygens (including phenoxy) is 1. The molecule has 0 amide bonds. The first-order chi connectivity index (χ1) is 9.99. The highest BCUT2D eigenvalue weighted by atomic mass is 32.2. The molecule has 0 aromatic carbocycles. The molecule has 0 aliphatic carbocycles. The zero-order chi connectivity index (χ0) is 15.7. The molecule has 120 valence electrons. The summed E-state index contributed by atoms with van der Waals surface area (Å²) >= 11 is 0. The molecule has 0 fully saturated rings. The van der Waals surface area contributed by atoms with Gasteiger partial charge in [-0.2, -0.15) is 0 Å². The van der Waals surface area contributed by atoms with Gasteiger partial charge in [-0.3, -0.25) is 0 Å². The molecular formula is C14H25N3O3S. The summed E-state index contributed by atoms with van der Waals surface area (Å²) < 4.78 is 31.7. The first-order valence-electron chi connectivity index (χ1n) is 7.13. The number of nitrogens with one attached hydrogen (secondary N) is 2. The van der Waals surface area contributed by atoms with Gasteiger partial charge < -0.3 is 10.1 Å². The standard InChI is InChI=1S/C14H25N3O3S/c1-4-7-15-9-13-5-6-14(16-10-13)21(18,19)17-8-12(2)11-20-3/h5-6,10,12,15,17H,4,7-9,11H2,1-3H3. The number of nitrogens with zero attached hydrogens (tertiary/aromatic N) is 1. The van der Waals surface area contributed by atoms with Crippen LogP contribution in [0.5, 0.6) is 0 Å². The molecular weight excluding hydrogens is 290 g/mol. The second kappa shape index (κ2) is 9.09. The van der Waals surface area contributed by atoms with Crippen molar-refractivity contribution >= 4 is 10.0 Å². The van der Waals surface area contributed by atoms with Crippen LogP contribution in [0.4, 0.5) is 0 Å². The van der Waals surface area contributed by atoms with Crippen LogP contribution in [-0.4, -0.2) is 40.2 Å². The minimum absolute atomic E-state index is 0.0476. The summed E-state index contributed by atoms with van der Waals surface area (Å²) in [7, 11) is -1.96. The van der Waals surface area contributed by atoms with Gasteiger partial charge in [0.1, 0.15) is 0 Å². The van der Waals surface area contributed by atoms with E-state index in [0.717, 1.165) is 18.5 Å². The Balaban J connectivity index is 2.58. The first-order valence-corrected chi connectivity index (χ1v) is 8.62. The molecule has 2 N–H and O–H groups in total.